The minimum Gasteiger partial charge on any atom is -0.328 e. The molecule has 0 saturated heterocycles. The number of nitrogens with zero attached hydrogens (tertiary/aromatic N) is 1. The lowest BCUT2D eigenvalue weighted by Gasteiger charge is -2.15. The number of carbonyl (C=O) groups is 1. The van der Waals surface area contributed by atoms with Gasteiger partial charge in [-0.25, -0.2) is 13.6 Å². The molecule has 2 amide bonds. The summed E-state index contributed by atoms with van der Waals surface area (Å²) in [5.41, 5.74) is -0.152. The van der Waals surface area contributed by atoms with Crippen molar-refractivity contribution < 1.29 is 13.6 Å². The molecule has 5 heteroatoms. The maximum Gasteiger partial charge on any atom is 0.321 e. The Morgan fingerprint density at radius 1 is 1.47 bits per heavy atom. The zero-order valence-corrected chi connectivity index (χ0v) is 8.55. The minimum absolute atomic E-state index is 0.152. The van der Waals surface area contributed by atoms with Crippen LogP contribution < -0.4 is 5.32 Å². The van der Waals surface area contributed by atoms with Gasteiger partial charge in [0.2, 0.25) is 0 Å². The molecule has 1 aromatic rings. The standard InChI is InChI=1S/C10H12F2N2O/c1-3-14(2)10(15)13-9-6-7(11)4-5-8(9)12/h4-6H,3H2,1-2H3,(H,13,15). The van der Waals surface area contributed by atoms with E-state index in [9.17, 15) is 13.6 Å². The first-order valence-corrected chi connectivity index (χ1v) is 4.51. The van der Waals surface area contributed by atoms with E-state index >= 15 is 0 Å². The summed E-state index contributed by atoms with van der Waals surface area (Å²) in [6.45, 7) is 2.27. The molecule has 0 aromatic heterocycles. The number of amides is 2. The van der Waals surface area contributed by atoms with Crippen LogP contribution in [-0.4, -0.2) is 24.5 Å². The van der Waals surface area contributed by atoms with E-state index in [2.05, 4.69) is 5.32 Å². The first-order chi connectivity index (χ1) is 7.04. The third-order valence-corrected chi connectivity index (χ3v) is 1.99. The fourth-order valence-corrected chi connectivity index (χ4v) is 0.948. The van der Waals surface area contributed by atoms with Gasteiger partial charge in [0.1, 0.15) is 11.6 Å². The van der Waals surface area contributed by atoms with Gasteiger partial charge in [-0.15, -0.1) is 0 Å². The molecule has 82 valence electrons. The highest BCUT2D eigenvalue weighted by Crippen LogP contribution is 2.15. The van der Waals surface area contributed by atoms with Gasteiger partial charge in [0.15, 0.2) is 0 Å². The summed E-state index contributed by atoms with van der Waals surface area (Å²) in [4.78, 5) is 12.7. The summed E-state index contributed by atoms with van der Waals surface area (Å²) >= 11 is 0. The summed E-state index contributed by atoms with van der Waals surface area (Å²) in [5, 5.41) is 2.27. The lowest BCUT2D eigenvalue weighted by atomic mass is 10.3. The monoisotopic (exact) mass is 214 g/mol. The lowest BCUT2D eigenvalue weighted by molar-refractivity contribution is 0.224. The zero-order chi connectivity index (χ0) is 11.4. The van der Waals surface area contributed by atoms with Gasteiger partial charge >= 0.3 is 6.03 Å². The van der Waals surface area contributed by atoms with Crippen LogP contribution in [0, 0.1) is 11.6 Å². The average Bonchev–Trinajstić information content (AvgIpc) is 2.22. The maximum atomic E-state index is 13.1. The van der Waals surface area contributed by atoms with E-state index in [1.807, 2.05) is 0 Å². The molecule has 0 bridgehead atoms. The van der Waals surface area contributed by atoms with Crippen LogP contribution in [-0.2, 0) is 0 Å². The fourth-order valence-electron chi connectivity index (χ4n) is 0.948. The van der Waals surface area contributed by atoms with Crippen molar-refractivity contribution in [3.8, 4) is 0 Å². The normalized spacial score (nSPS) is 9.87. The van der Waals surface area contributed by atoms with Crippen molar-refractivity contribution in [2.24, 2.45) is 0 Å². The van der Waals surface area contributed by atoms with Crippen LogP contribution in [0.25, 0.3) is 0 Å². The largest absolute Gasteiger partial charge is 0.328 e. The van der Waals surface area contributed by atoms with Gasteiger partial charge in [-0.3, -0.25) is 0 Å². The van der Waals surface area contributed by atoms with E-state index in [1.165, 1.54) is 4.90 Å². The second kappa shape index (κ2) is 4.72. The quantitative estimate of drug-likeness (QED) is 0.805. The molecule has 0 fully saturated rings. The van der Waals surface area contributed by atoms with Crippen LogP contribution in [0.3, 0.4) is 0 Å². The Balaban J connectivity index is 2.80. The topological polar surface area (TPSA) is 32.3 Å². The number of carbonyl (C=O) groups excluding carboxylic acids is 1. The fraction of sp³-hybridized carbons (Fsp3) is 0.300. The van der Waals surface area contributed by atoms with Crippen molar-refractivity contribution in [1.82, 2.24) is 4.90 Å². The molecule has 1 rings (SSSR count). The summed E-state index contributed by atoms with van der Waals surface area (Å²) in [5.74, 6) is -1.25. The van der Waals surface area contributed by atoms with E-state index in [-0.39, 0.29) is 5.69 Å². The van der Waals surface area contributed by atoms with Crippen molar-refractivity contribution in [3.05, 3.63) is 29.8 Å². The molecule has 15 heavy (non-hydrogen) atoms. The SMILES string of the molecule is CCN(C)C(=O)Nc1cc(F)ccc1F. The van der Waals surface area contributed by atoms with Gasteiger partial charge in [0.25, 0.3) is 0 Å². The number of hydrogen-bond donors (Lipinski definition) is 1. The Hall–Kier alpha value is -1.65. The van der Waals surface area contributed by atoms with E-state index in [0.29, 0.717) is 6.54 Å². The molecule has 0 spiro atoms. The summed E-state index contributed by atoms with van der Waals surface area (Å²) in [6, 6.07) is 2.43. The third kappa shape index (κ3) is 2.90. The van der Waals surface area contributed by atoms with Crippen LogP contribution in [0.4, 0.5) is 19.3 Å². The van der Waals surface area contributed by atoms with E-state index in [4.69, 9.17) is 0 Å². The van der Waals surface area contributed by atoms with E-state index in [0.717, 1.165) is 18.2 Å². The number of hydrogen-bond acceptors (Lipinski definition) is 1. The Morgan fingerprint density at radius 3 is 2.73 bits per heavy atom. The summed E-state index contributed by atoms with van der Waals surface area (Å²) in [7, 11) is 1.56. The second-order valence-electron chi connectivity index (χ2n) is 3.07. The number of anilines is 1. The van der Waals surface area contributed by atoms with Crippen molar-refractivity contribution >= 4 is 11.7 Å². The van der Waals surface area contributed by atoms with Gasteiger partial charge in [-0.2, -0.15) is 0 Å². The maximum absolute atomic E-state index is 13.1. The molecule has 0 saturated carbocycles. The third-order valence-electron chi connectivity index (χ3n) is 1.99. The molecular weight excluding hydrogens is 202 g/mol. The molecule has 0 atom stereocenters. The van der Waals surface area contributed by atoms with Crippen molar-refractivity contribution in [1.29, 1.82) is 0 Å². The van der Waals surface area contributed by atoms with Crippen molar-refractivity contribution in [2.75, 3.05) is 18.9 Å². The Kier molecular flexibility index (Phi) is 3.60. The lowest BCUT2D eigenvalue weighted by Crippen LogP contribution is -2.31. The summed E-state index contributed by atoms with van der Waals surface area (Å²) in [6.07, 6.45) is 0. The highest BCUT2D eigenvalue weighted by Gasteiger charge is 2.10. The highest BCUT2D eigenvalue weighted by atomic mass is 19.1. The highest BCUT2D eigenvalue weighted by molar-refractivity contribution is 5.89. The number of urea groups is 1. The van der Waals surface area contributed by atoms with Gasteiger partial charge in [0, 0.05) is 19.7 Å². The average molecular weight is 214 g/mol. The van der Waals surface area contributed by atoms with Crippen LogP contribution in [0.5, 0.6) is 0 Å². The van der Waals surface area contributed by atoms with Crippen molar-refractivity contribution in [2.45, 2.75) is 6.92 Å². The van der Waals surface area contributed by atoms with Crippen LogP contribution in [0.15, 0.2) is 18.2 Å². The van der Waals surface area contributed by atoms with Gasteiger partial charge < -0.3 is 10.2 Å². The van der Waals surface area contributed by atoms with Crippen LogP contribution in [0.2, 0.25) is 0 Å². The van der Waals surface area contributed by atoms with Gasteiger partial charge in [-0.05, 0) is 19.1 Å². The Bertz CT molecular complexity index is 368. The minimum atomic E-state index is -0.658. The molecule has 0 aliphatic carbocycles. The van der Waals surface area contributed by atoms with Crippen molar-refractivity contribution in [3.63, 3.8) is 0 Å². The molecule has 0 aliphatic heterocycles. The van der Waals surface area contributed by atoms with Gasteiger partial charge in [-0.1, -0.05) is 0 Å². The predicted octanol–water partition coefficient (Wildman–Crippen LogP) is 2.45. The molecular formula is C10H12F2N2O. The zero-order valence-electron chi connectivity index (χ0n) is 8.55. The van der Waals surface area contributed by atoms with Crippen LogP contribution >= 0.6 is 0 Å². The Morgan fingerprint density at radius 2 is 2.13 bits per heavy atom. The molecule has 1 N–H and O–H groups in total. The number of benzene rings is 1. The number of rotatable bonds is 2. The molecule has 0 radical (unpaired) electrons. The van der Waals surface area contributed by atoms with E-state index in [1.54, 1.807) is 14.0 Å². The molecule has 3 nitrogen and oxygen atoms in total. The first-order valence-electron chi connectivity index (χ1n) is 4.51. The molecule has 0 aliphatic rings. The van der Waals surface area contributed by atoms with E-state index < -0.39 is 17.7 Å². The smallest absolute Gasteiger partial charge is 0.321 e. The Labute approximate surface area is 86.7 Å². The molecule has 0 heterocycles. The predicted molar refractivity (Wildman–Crippen MR) is 53.7 cm³/mol. The first kappa shape index (κ1) is 11.4. The number of nitrogens with one attached hydrogen (secondary N) is 1. The molecule has 0 unspecified atom stereocenters. The summed E-state index contributed by atoms with van der Waals surface area (Å²) < 4.78 is 25.8. The second-order valence-corrected chi connectivity index (χ2v) is 3.07. The van der Waals surface area contributed by atoms with Gasteiger partial charge in [0.05, 0.1) is 5.69 Å². The number of halogens is 2. The van der Waals surface area contributed by atoms with Crippen LogP contribution in [0.1, 0.15) is 6.92 Å². The molecule has 1 aromatic carbocycles.